The summed E-state index contributed by atoms with van der Waals surface area (Å²) in [7, 11) is -5.22. The summed E-state index contributed by atoms with van der Waals surface area (Å²) < 4.78 is 11.6. The zero-order valence-electron chi connectivity index (χ0n) is 22.9. The maximum atomic E-state index is 12.0. The minimum atomic E-state index is -5.22. The van der Waals surface area contributed by atoms with Gasteiger partial charge in [0, 0.05) is 45.6 Å². The van der Waals surface area contributed by atoms with E-state index in [9.17, 15) is 54.0 Å². The van der Waals surface area contributed by atoms with Gasteiger partial charge in [0.15, 0.2) is 0 Å². The summed E-state index contributed by atoms with van der Waals surface area (Å²) >= 11 is 0. The summed E-state index contributed by atoms with van der Waals surface area (Å²) in [6.45, 7) is -3.15. The second-order valence-corrected chi connectivity index (χ2v) is 11.1. The first-order valence-electron chi connectivity index (χ1n) is 12.9. The number of hydrogen-bond acceptors (Lipinski definition) is 14. The molecule has 43 heavy (non-hydrogen) atoms. The molecule has 0 N–H and O–H groups in total. The molecule has 0 unspecified atom stereocenters. The van der Waals surface area contributed by atoms with Crippen molar-refractivity contribution in [1.82, 2.24) is 14.7 Å². The minimum absolute atomic E-state index is 0. The van der Waals surface area contributed by atoms with Crippen LogP contribution in [0, 0.1) is 39.9 Å². The molecule has 0 fully saturated rings. The van der Waals surface area contributed by atoms with E-state index in [0.29, 0.717) is 11.1 Å². The maximum Gasteiger partial charge on any atom is 3.00 e. The minimum Gasteiger partial charge on any atom is -0.810 e. The van der Waals surface area contributed by atoms with Crippen LogP contribution in [-0.4, -0.2) is 96.2 Å². The van der Waals surface area contributed by atoms with Crippen molar-refractivity contribution in [2.75, 3.05) is 45.6 Å². The molecule has 2 aromatic rings. The van der Waals surface area contributed by atoms with Gasteiger partial charge >= 0.3 is 39.9 Å². The van der Waals surface area contributed by atoms with Gasteiger partial charge < -0.3 is 54.0 Å². The fourth-order valence-electron chi connectivity index (χ4n) is 4.46. The summed E-state index contributed by atoms with van der Waals surface area (Å²) in [6.07, 6.45) is -1.37. The number of benzene rings is 2. The first-order valence-corrected chi connectivity index (χ1v) is 14.6. The number of rotatable bonds is 20. The van der Waals surface area contributed by atoms with Gasteiger partial charge in [-0.3, -0.25) is 14.7 Å². The molecule has 0 aromatic heterocycles. The number of carboxylic acids is 4. The van der Waals surface area contributed by atoms with Gasteiger partial charge in [-0.1, -0.05) is 68.3 Å². The fraction of sp³-hybridized carbons (Fsp3) is 0.407. The van der Waals surface area contributed by atoms with Crippen LogP contribution in [0.2, 0.25) is 0 Å². The zero-order valence-corrected chi connectivity index (χ0v) is 26.1. The Balaban J connectivity index is 0.00000924. The van der Waals surface area contributed by atoms with Crippen molar-refractivity contribution < 1.29 is 93.9 Å². The Morgan fingerprint density at radius 3 is 1.26 bits per heavy atom. The quantitative estimate of drug-likeness (QED) is 0.114. The average Bonchev–Trinajstić information content (AvgIpc) is 2.90. The SMILES string of the molecule is O=C([O-])CN(CCN(CCN(CC(=O)[O-])[C@@H](Cc1ccccc1)C(=O)[O-])CP(=O)([O-])[O-])[C@@H](Cc1ccccc1)C(=O)[O-].[Gd+3]. The molecule has 16 heteroatoms. The number of carbonyl (C=O) groups is 4. The summed E-state index contributed by atoms with van der Waals surface area (Å²) in [4.78, 5) is 73.0. The standard InChI is InChI=1S/C27H36N3O11P.Gd/c31-24(32)17-29(22(26(35)36)15-20-7-3-1-4-8-20)13-11-28(19-42(39,40)41)12-14-30(18-25(33)34)23(27(37)38)16-21-9-5-2-6-10-21;/h1-10,22-23H,11-19H2,(H,31,32)(H,33,34)(H,35,36)(H,37,38)(H2,39,40,41);/q;+3/p-6/t22-,23-;/m0./s1. The van der Waals surface area contributed by atoms with Crippen LogP contribution in [0.4, 0.5) is 0 Å². The Morgan fingerprint density at radius 1 is 0.628 bits per heavy atom. The number of carboxylic acid groups (broad SMARTS) is 4. The van der Waals surface area contributed by atoms with Crippen molar-refractivity contribution in [3.63, 3.8) is 0 Å². The van der Waals surface area contributed by atoms with E-state index in [1.165, 1.54) is 0 Å². The molecule has 0 bridgehead atoms. The predicted octanol–water partition coefficient (Wildman–Crippen LogP) is -6.01. The van der Waals surface area contributed by atoms with Gasteiger partial charge in [-0.25, -0.2) is 0 Å². The van der Waals surface area contributed by atoms with Gasteiger partial charge in [0.25, 0.3) is 0 Å². The average molecular weight is 761 g/mol. The van der Waals surface area contributed by atoms with Crippen LogP contribution in [0.3, 0.4) is 0 Å². The van der Waals surface area contributed by atoms with Crippen LogP contribution in [0.1, 0.15) is 11.1 Å². The van der Waals surface area contributed by atoms with Crippen LogP contribution in [0.25, 0.3) is 0 Å². The van der Waals surface area contributed by atoms with Crippen molar-refractivity contribution in [3.8, 4) is 0 Å². The number of hydrogen-bond donors (Lipinski definition) is 0. The van der Waals surface area contributed by atoms with Crippen molar-refractivity contribution >= 4 is 31.5 Å². The second kappa shape index (κ2) is 19.1. The molecule has 0 amide bonds. The van der Waals surface area contributed by atoms with E-state index in [4.69, 9.17) is 0 Å². The molecule has 0 aliphatic carbocycles. The van der Waals surface area contributed by atoms with E-state index >= 15 is 0 Å². The molecule has 0 aliphatic heterocycles. The topological polar surface area (TPSA) is 233 Å². The molecule has 235 valence electrons. The van der Waals surface area contributed by atoms with Crippen LogP contribution in [0.5, 0.6) is 0 Å². The molecule has 0 saturated heterocycles. The maximum absolute atomic E-state index is 12.0. The Hall–Kier alpha value is -2.33. The molecule has 0 aliphatic rings. The Labute approximate surface area is 280 Å². The summed E-state index contributed by atoms with van der Waals surface area (Å²) in [5, 5.41) is 46.7. The molecule has 0 heterocycles. The van der Waals surface area contributed by atoms with Crippen molar-refractivity contribution in [1.29, 1.82) is 0 Å². The molecule has 0 saturated carbocycles. The molecule has 0 spiro atoms. The van der Waals surface area contributed by atoms with Crippen LogP contribution < -0.4 is 30.2 Å². The normalized spacial score (nSPS) is 13.0. The smallest absolute Gasteiger partial charge is 0.810 e. The van der Waals surface area contributed by atoms with Crippen molar-refractivity contribution in [2.45, 2.75) is 24.9 Å². The van der Waals surface area contributed by atoms with Gasteiger partial charge in [-0.05, 0) is 24.0 Å². The van der Waals surface area contributed by atoms with Gasteiger partial charge in [0.1, 0.15) is 0 Å². The Bertz CT molecular complexity index is 1150. The largest absolute Gasteiger partial charge is 3.00 e. The first kappa shape index (κ1) is 38.7. The third-order valence-corrected chi connectivity index (χ3v) is 7.16. The monoisotopic (exact) mass is 761 g/mol. The predicted molar refractivity (Wildman–Crippen MR) is 135 cm³/mol. The molecular weight excluding hydrogens is 731 g/mol. The summed E-state index contributed by atoms with van der Waals surface area (Å²) in [5.74, 6) is -6.42. The van der Waals surface area contributed by atoms with Crippen molar-refractivity contribution in [3.05, 3.63) is 71.8 Å². The second-order valence-electron chi connectivity index (χ2n) is 9.60. The van der Waals surface area contributed by atoms with E-state index in [-0.39, 0.29) is 79.0 Å². The fourth-order valence-corrected chi connectivity index (χ4v) is 5.23. The molecule has 2 aromatic carbocycles. The molecule has 1 radical (unpaired) electrons. The van der Waals surface area contributed by atoms with Crippen LogP contribution in [-0.2, 0) is 36.6 Å². The third-order valence-electron chi connectivity index (χ3n) is 6.41. The third kappa shape index (κ3) is 15.3. The van der Waals surface area contributed by atoms with E-state index in [1.807, 2.05) is 0 Å². The van der Waals surface area contributed by atoms with Gasteiger partial charge in [-0.15, -0.1) is 0 Å². The first-order chi connectivity index (χ1) is 19.7. The van der Waals surface area contributed by atoms with E-state index < -0.39 is 62.9 Å². The number of nitrogens with zero attached hydrogens (tertiary/aromatic N) is 3. The molecular formula is C27H30GdN3O11P-3. The van der Waals surface area contributed by atoms with Gasteiger partial charge in [0.2, 0.25) is 0 Å². The van der Waals surface area contributed by atoms with Gasteiger partial charge in [-0.2, -0.15) is 0 Å². The Kier molecular flexibility index (Phi) is 17.2. The van der Waals surface area contributed by atoms with E-state index in [1.54, 1.807) is 60.7 Å². The molecule has 2 rings (SSSR count). The van der Waals surface area contributed by atoms with Crippen molar-refractivity contribution in [2.24, 2.45) is 0 Å². The van der Waals surface area contributed by atoms with Crippen LogP contribution in [0.15, 0.2) is 60.7 Å². The number of carbonyl (C=O) groups excluding carboxylic acids is 4. The van der Waals surface area contributed by atoms with E-state index in [2.05, 4.69) is 0 Å². The summed E-state index contributed by atoms with van der Waals surface area (Å²) in [6, 6.07) is 13.6. The van der Waals surface area contributed by atoms with E-state index in [0.717, 1.165) is 14.7 Å². The summed E-state index contributed by atoms with van der Waals surface area (Å²) in [5.41, 5.74) is 1.11. The zero-order chi connectivity index (χ0) is 31.3. The van der Waals surface area contributed by atoms with Crippen LogP contribution >= 0.6 is 7.60 Å². The molecule has 14 nitrogen and oxygen atoms in total. The van der Waals surface area contributed by atoms with Gasteiger partial charge in [0.05, 0.1) is 36.0 Å². The molecule has 2 atom stereocenters. The Morgan fingerprint density at radius 2 is 0.977 bits per heavy atom. The number of aliphatic carboxylic acids is 4.